The first-order valence-electron chi connectivity index (χ1n) is 3.79. The van der Waals surface area contributed by atoms with Crippen LogP contribution >= 0.6 is 0 Å². The lowest BCUT2D eigenvalue weighted by atomic mass is 10.00. The van der Waals surface area contributed by atoms with Gasteiger partial charge in [-0.05, 0) is 12.8 Å². The second-order valence-electron chi connectivity index (χ2n) is 2.43. The predicted molar refractivity (Wildman–Crippen MR) is 41.2 cm³/mol. The van der Waals surface area contributed by atoms with Gasteiger partial charge in [-0.25, -0.2) is 0 Å². The zero-order chi connectivity index (χ0) is 8.53. The van der Waals surface area contributed by atoms with E-state index in [1.165, 1.54) is 13.5 Å². The second kappa shape index (κ2) is 7.25. The van der Waals surface area contributed by atoms with E-state index in [0.29, 0.717) is 12.3 Å². The van der Waals surface area contributed by atoms with Crippen LogP contribution in [0, 0.1) is 0 Å². The topological polar surface area (TPSA) is 43.4 Å². The van der Waals surface area contributed by atoms with E-state index in [9.17, 15) is 4.79 Å². The molecule has 0 aliphatic heterocycles. The van der Waals surface area contributed by atoms with Crippen molar-refractivity contribution in [1.29, 1.82) is 0 Å². The largest absolute Gasteiger partial charge is 0.471 e. The molecule has 0 aromatic heterocycles. The van der Waals surface area contributed by atoms with E-state index in [1.807, 2.05) is 0 Å². The minimum absolute atomic E-state index is 0.375. The number of ketones is 1. The Balaban J connectivity index is 0.000000218. The number of rotatable bonds is 1. The quantitative estimate of drug-likeness (QED) is 0.540. The summed E-state index contributed by atoms with van der Waals surface area (Å²) in [7, 11) is 1.31. The molecular weight excluding hydrogens is 144 g/mol. The smallest absolute Gasteiger partial charge is 0.292 e. The average molecular weight is 158 g/mol. The van der Waals surface area contributed by atoms with Crippen LogP contribution in [-0.4, -0.2) is 19.4 Å². The number of hydrogen-bond acceptors (Lipinski definition) is 3. The third-order valence-corrected chi connectivity index (χ3v) is 1.51. The molecule has 0 aromatic carbocycles. The normalized spacial score (nSPS) is 16.3. The molecule has 1 fully saturated rings. The van der Waals surface area contributed by atoms with Gasteiger partial charge in [0.1, 0.15) is 5.78 Å². The Kier molecular flexibility index (Phi) is 6.68. The summed E-state index contributed by atoms with van der Waals surface area (Å²) in [6.45, 7) is 0.375. The number of ether oxygens (including phenoxy) is 1. The Bertz CT molecular complexity index is 113. The Hall–Kier alpha value is -0.860. The first-order valence-corrected chi connectivity index (χ1v) is 3.79. The minimum Gasteiger partial charge on any atom is -0.471 e. The van der Waals surface area contributed by atoms with Crippen LogP contribution in [0.5, 0.6) is 0 Å². The van der Waals surface area contributed by atoms with Crippen molar-refractivity contribution in [3.63, 3.8) is 0 Å². The molecule has 3 nitrogen and oxygen atoms in total. The first kappa shape index (κ1) is 10.1. The zero-order valence-electron chi connectivity index (χ0n) is 6.84. The molecule has 3 heteroatoms. The van der Waals surface area contributed by atoms with Gasteiger partial charge in [0.2, 0.25) is 0 Å². The molecule has 0 unspecified atom stereocenters. The molecular formula is C8H14O3. The van der Waals surface area contributed by atoms with Crippen LogP contribution in [0.25, 0.3) is 0 Å². The number of methoxy groups -OCH3 is 1. The predicted octanol–water partition coefficient (Wildman–Crippen LogP) is 1.31. The van der Waals surface area contributed by atoms with Gasteiger partial charge < -0.3 is 4.74 Å². The van der Waals surface area contributed by atoms with E-state index in [2.05, 4.69) is 4.74 Å². The summed E-state index contributed by atoms with van der Waals surface area (Å²) < 4.78 is 3.86. The van der Waals surface area contributed by atoms with Crippen molar-refractivity contribution in [1.82, 2.24) is 0 Å². The van der Waals surface area contributed by atoms with Crippen LogP contribution in [0.4, 0.5) is 0 Å². The molecule has 0 amide bonds. The van der Waals surface area contributed by atoms with E-state index < -0.39 is 0 Å². The molecule has 0 atom stereocenters. The van der Waals surface area contributed by atoms with Crippen LogP contribution in [-0.2, 0) is 14.3 Å². The van der Waals surface area contributed by atoms with Gasteiger partial charge in [0.15, 0.2) is 0 Å². The Morgan fingerprint density at radius 2 is 1.73 bits per heavy atom. The molecule has 1 aliphatic carbocycles. The van der Waals surface area contributed by atoms with Gasteiger partial charge in [-0.2, -0.15) is 0 Å². The maximum absolute atomic E-state index is 10.5. The highest BCUT2D eigenvalue weighted by atomic mass is 16.5. The Morgan fingerprint density at radius 3 is 1.91 bits per heavy atom. The van der Waals surface area contributed by atoms with Crippen molar-refractivity contribution in [3.8, 4) is 0 Å². The lowest BCUT2D eigenvalue weighted by molar-refractivity contribution is -0.126. The lowest BCUT2D eigenvalue weighted by Crippen LogP contribution is -2.02. The van der Waals surface area contributed by atoms with E-state index in [0.717, 1.165) is 25.7 Å². The average Bonchev–Trinajstić information content (AvgIpc) is 2.07. The van der Waals surface area contributed by atoms with Crippen LogP contribution in [0.2, 0.25) is 0 Å². The van der Waals surface area contributed by atoms with E-state index in [4.69, 9.17) is 4.79 Å². The summed E-state index contributed by atoms with van der Waals surface area (Å²) in [4.78, 5) is 19.4. The van der Waals surface area contributed by atoms with E-state index in [-0.39, 0.29) is 0 Å². The molecule has 1 aliphatic rings. The van der Waals surface area contributed by atoms with Gasteiger partial charge >= 0.3 is 0 Å². The Labute approximate surface area is 66.7 Å². The second-order valence-corrected chi connectivity index (χ2v) is 2.43. The minimum atomic E-state index is 0.375. The van der Waals surface area contributed by atoms with Crippen LogP contribution in [0.3, 0.4) is 0 Å². The van der Waals surface area contributed by atoms with Crippen LogP contribution < -0.4 is 0 Å². The van der Waals surface area contributed by atoms with Crippen molar-refractivity contribution in [2.75, 3.05) is 7.11 Å². The summed E-state index contributed by atoms with van der Waals surface area (Å²) in [5.41, 5.74) is 0. The summed E-state index contributed by atoms with van der Waals surface area (Å²) in [6.07, 6.45) is 5.24. The number of carbonyl (C=O) groups is 2. The van der Waals surface area contributed by atoms with Crippen molar-refractivity contribution in [2.45, 2.75) is 32.1 Å². The van der Waals surface area contributed by atoms with E-state index >= 15 is 0 Å². The highest BCUT2D eigenvalue weighted by Gasteiger charge is 2.05. The molecule has 0 saturated heterocycles. The Morgan fingerprint density at radius 1 is 1.27 bits per heavy atom. The van der Waals surface area contributed by atoms with Crippen molar-refractivity contribution < 1.29 is 14.3 Å². The van der Waals surface area contributed by atoms with Gasteiger partial charge in [0, 0.05) is 12.8 Å². The number of hydrogen-bond donors (Lipinski definition) is 0. The standard InChI is InChI=1S/C6H10O.C2H4O2/c7-6-4-2-1-3-5-6;1-4-2-3/h1-5H2;2H,1H3. The summed E-state index contributed by atoms with van der Waals surface area (Å²) >= 11 is 0. The van der Waals surface area contributed by atoms with Crippen LogP contribution in [0.1, 0.15) is 32.1 Å². The summed E-state index contributed by atoms with van der Waals surface area (Å²) in [6, 6.07) is 0. The molecule has 0 radical (unpaired) electrons. The molecule has 64 valence electrons. The first-order chi connectivity index (χ1) is 5.31. The van der Waals surface area contributed by atoms with Gasteiger partial charge in [-0.15, -0.1) is 0 Å². The van der Waals surface area contributed by atoms with Gasteiger partial charge in [0.25, 0.3) is 6.47 Å². The maximum atomic E-state index is 10.5. The molecule has 0 heterocycles. The fraction of sp³-hybridized carbons (Fsp3) is 0.750. The zero-order valence-corrected chi connectivity index (χ0v) is 6.84. The molecule has 11 heavy (non-hydrogen) atoms. The molecule has 0 N–H and O–H groups in total. The molecule has 1 rings (SSSR count). The monoisotopic (exact) mass is 158 g/mol. The third-order valence-electron chi connectivity index (χ3n) is 1.51. The fourth-order valence-electron chi connectivity index (χ4n) is 0.946. The lowest BCUT2D eigenvalue weighted by Gasteiger charge is -2.05. The van der Waals surface area contributed by atoms with Gasteiger partial charge in [0.05, 0.1) is 7.11 Å². The van der Waals surface area contributed by atoms with Crippen molar-refractivity contribution in [2.24, 2.45) is 0 Å². The van der Waals surface area contributed by atoms with Crippen molar-refractivity contribution in [3.05, 3.63) is 0 Å². The highest BCUT2D eigenvalue weighted by molar-refractivity contribution is 5.78. The summed E-state index contributed by atoms with van der Waals surface area (Å²) in [5, 5.41) is 0. The summed E-state index contributed by atoms with van der Waals surface area (Å²) in [5.74, 6) is 0.464. The van der Waals surface area contributed by atoms with Gasteiger partial charge in [-0.1, -0.05) is 6.42 Å². The van der Waals surface area contributed by atoms with Crippen molar-refractivity contribution >= 4 is 12.3 Å². The molecule has 0 bridgehead atoms. The number of Topliss-reactive ketones (excluding diaryl/α,β-unsaturated/α-hetero) is 1. The van der Waals surface area contributed by atoms with Crippen LogP contribution in [0.15, 0.2) is 0 Å². The molecule has 0 aromatic rings. The third kappa shape index (κ3) is 7.03. The number of carbonyl (C=O) groups excluding carboxylic acids is 2. The van der Waals surface area contributed by atoms with E-state index in [1.54, 1.807) is 0 Å². The maximum Gasteiger partial charge on any atom is 0.292 e. The molecule has 0 spiro atoms. The highest BCUT2D eigenvalue weighted by Crippen LogP contribution is 2.12. The fourth-order valence-corrected chi connectivity index (χ4v) is 0.946. The van der Waals surface area contributed by atoms with Gasteiger partial charge in [-0.3, -0.25) is 9.59 Å². The molecule has 1 saturated carbocycles. The SMILES string of the molecule is COC=O.O=C1CCCCC1.